The van der Waals surface area contributed by atoms with Crippen molar-refractivity contribution in [2.75, 3.05) is 6.54 Å². The molecule has 6 heteroatoms. The van der Waals surface area contributed by atoms with E-state index in [1.807, 2.05) is 0 Å². The second kappa shape index (κ2) is 5.38. The summed E-state index contributed by atoms with van der Waals surface area (Å²) in [5, 5.41) is 0. The van der Waals surface area contributed by atoms with E-state index in [9.17, 15) is 12.8 Å². The number of rotatable bonds is 5. The van der Waals surface area contributed by atoms with Crippen molar-refractivity contribution in [3.8, 4) is 0 Å². The number of nitrogens with one attached hydrogen (secondary N) is 1. The summed E-state index contributed by atoms with van der Waals surface area (Å²) in [4.78, 5) is -0.334. The average molecular weight is 246 g/mol. The first-order valence-electron chi connectivity index (χ1n) is 4.94. The van der Waals surface area contributed by atoms with Crippen LogP contribution in [0, 0.1) is 5.82 Å². The molecule has 0 fully saturated rings. The third kappa shape index (κ3) is 3.26. The van der Waals surface area contributed by atoms with Crippen LogP contribution in [0.25, 0.3) is 0 Å². The van der Waals surface area contributed by atoms with E-state index in [0.717, 1.165) is 6.07 Å². The number of halogens is 1. The topological polar surface area (TPSA) is 72.2 Å². The van der Waals surface area contributed by atoms with Gasteiger partial charge in [-0.15, -0.1) is 0 Å². The fraction of sp³-hybridized carbons (Fsp3) is 0.400. The van der Waals surface area contributed by atoms with Gasteiger partial charge in [0.25, 0.3) is 0 Å². The lowest BCUT2D eigenvalue weighted by Crippen LogP contribution is -2.34. The highest BCUT2D eigenvalue weighted by Crippen LogP contribution is 2.13. The smallest absolute Gasteiger partial charge is 0.243 e. The van der Waals surface area contributed by atoms with Crippen molar-refractivity contribution in [1.82, 2.24) is 4.72 Å². The first-order chi connectivity index (χ1) is 7.47. The van der Waals surface area contributed by atoms with E-state index in [1.54, 1.807) is 6.92 Å². The molecule has 0 saturated carbocycles. The molecule has 1 unspecified atom stereocenters. The first kappa shape index (κ1) is 13.1. The maximum Gasteiger partial charge on any atom is 0.243 e. The lowest BCUT2D eigenvalue weighted by Gasteiger charge is -2.13. The monoisotopic (exact) mass is 246 g/mol. The third-order valence-corrected chi connectivity index (χ3v) is 3.70. The number of hydrogen-bond acceptors (Lipinski definition) is 3. The Labute approximate surface area is 94.7 Å². The van der Waals surface area contributed by atoms with Crippen molar-refractivity contribution in [1.29, 1.82) is 0 Å². The van der Waals surface area contributed by atoms with Crippen molar-refractivity contribution in [3.05, 3.63) is 30.1 Å². The molecule has 1 atom stereocenters. The number of sulfonamides is 1. The summed E-state index contributed by atoms with van der Waals surface area (Å²) in [5.74, 6) is -0.755. The van der Waals surface area contributed by atoms with Crippen LogP contribution >= 0.6 is 0 Å². The molecule has 0 aliphatic rings. The van der Waals surface area contributed by atoms with Gasteiger partial charge < -0.3 is 5.73 Å². The van der Waals surface area contributed by atoms with Crippen LogP contribution in [0.2, 0.25) is 0 Å². The van der Waals surface area contributed by atoms with Gasteiger partial charge in [-0.3, -0.25) is 0 Å². The summed E-state index contributed by atoms with van der Waals surface area (Å²) in [7, 11) is -3.79. The summed E-state index contributed by atoms with van der Waals surface area (Å²) >= 11 is 0. The summed E-state index contributed by atoms with van der Waals surface area (Å²) in [5.41, 5.74) is 5.31. The molecule has 1 rings (SSSR count). The Morgan fingerprint density at radius 1 is 1.44 bits per heavy atom. The SMILES string of the molecule is CC(CCN)NS(=O)(=O)c1ccccc1F. The molecule has 0 saturated heterocycles. The van der Waals surface area contributed by atoms with Gasteiger partial charge in [-0.1, -0.05) is 12.1 Å². The molecule has 0 heterocycles. The van der Waals surface area contributed by atoms with Gasteiger partial charge in [0.15, 0.2) is 0 Å². The summed E-state index contributed by atoms with van der Waals surface area (Å²) in [6.07, 6.45) is 0.508. The molecule has 1 aromatic rings. The van der Waals surface area contributed by atoms with Crippen LogP contribution in [0.15, 0.2) is 29.2 Å². The van der Waals surface area contributed by atoms with Crippen LogP contribution in [0.5, 0.6) is 0 Å². The Morgan fingerprint density at radius 3 is 2.62 bits per heavy atom. The van der Waals surface area contributed by atoms with Gasteiger partial charge in [-0.05, 0) is 32.0 Å². The molecule has 0 radical (unpaired) electrons. The molecule has 90 valence electrons. The number of nitrogens with two attached hydrogens (primary N) is 1. The molecule has 16 heavy (non-hydrogen) atoms. The lowest BCUT2D eigenvalue weighted by molar-refractivity contribution is 0.535. The Balaban J connectivity index is 2.91. The predicted octanol–water partition coefficient (Wildman–Crippen LogP) is 0.841. The van der Waals surface area contributed by atoms with Crippen molar-refractivity contribution in [2.24, 2.45) is 5.73 Å². The van der Waals surface area contributed by atoms with E-state index >= 15 is 0 Å². The van der Waals surface area contributed by atoms with Crippen LogP contribution in [-0.4, -0.2) is 21.0 Å². The second-order valence-corrected chi connectivity index (χ2v) is 5.21. The molecule has 0 spiro atoms. The third-order valence-electron chi connectivity index (χ3n) is 2.08. The fourth-order valence-corrected chi connectivity index (χ4v) is 2.66. The van der Waals surface area contributed by atoms with E-state index in [0.29, 0.717) is 13.0 Å². The zero-order valence-corrected chi connectivity index (χ0v) is 9.80. The van der Waals surface area contributed by atoms with E-state index in [-0.39, 0.29) is 10.9 Å². The van der Waals surface area contributed by atoms with Gasteiger partial charge in [-0.25, -0.2) is 17.5 Å². The quantitative estimate of drug-likeness (QED) is 0.808. The molecule has 1 aromatic carbocycles. The maximum absolute atomic E-state index is 13.3. The minimum atomic E-state index is -3.79. The van der Waals surface area contributed by atoms with Gasteiger partial charge in [-0.2, -0.15) is 0 Å². The zero-order chi connectivity index (χ0) is 12.2. The highest BCUT2D eigenvalue weighted by atomic mass is 32.2. The van der Waals surface area contributed by atoms with E-state index in [2.05, 4.69) is 4.72 Å². The molecule has 0 amide bonds. The molecule has 0 aromatic heterocycles. The maximum atomic E-state index is 13.3. The Bertz CT molecular complexity index is 448. The van der Waals surface area contributed by atoms with Gasteiger partial charge in [0.05, 0.1) is 0 Å². The van der Waals surface area contributed by atoms with Crippen molar-refractivity contribution < 1.29 is 12.8 Å². The minimum Gasteiger partial charge on any atom is -0.330 e. The number of hydrogen-bond donors (Lipinski definition) is 2. The van der Waals surface area contributed by atoms with Gasteiger partial charge in [0.2, 0.25) is 10.0 Å². The summed E-state index contributed by atoms with van der Waals surface area (Å²) in [6.45, 7) is 2.06. The van der Waals surface area contributed by atoms with E-state index in [4.69, 9.17) is 5.73 Å². The highest BCUT2D eigenvalue weighted by Gasteiger charge is 2.20. The van der Waals surface area contributed by atoms with Crippen molar-refractivity contribution in [2.45, 2.75) is 24.3 Å². The molecule has 0 aliphatic heterocycles. The van der Waals surface area contributed by atoms with Gasteiger partial charge in [0.1, 0.15) is 10.7 Å². The van der Waals surface area contributed by atoms with Crippen molar-refractivity contribution in [3.63, 3.8) is 0 Å². The van der Waals surface area contributed by atoms with E-state index < -0.39 is 15.8 Å². The largest absolute Gasteiger partial charge is 0.330 e. The predicted molar refractivity (Wildman–Crippen MR) is 59.9 cm³/mol. The Morgan fingerprint density at radius 2 is 2.06 bits per heavy atom. The molecule has 0 aliphatic carbocycles. The van der Waals surface area contributed by atoms with Crippen molar-refractivity contribution >= 4 is 10.0 Å². The van der Waals surface area contributed by atoms with Crippen LogP contribution < -0.4 is 10.5 Å². The first-order valence-corrected chi connectivity index (χ1v) is 6.42. The van der Waals surface area contributed by atoms with Crippen LogP contribution in [0.3, 0.4) is 0 Å². The molecular formula is C10H15FN2O2S. The van der Waals surface area contributed by atoms with Crippen LogP contribution in [-0.2, 0) is 10.0 Å². The zero-order valence-electron chi connectivity index (χ0n) is 8.98. The molecule has 3 N–H and O–H groups in total. The summed E-state index contributed by atoms with van der Waals surface area (Å²) in [6, 6.07) is 4.95. The van der Waals surface area contributed by atoms with E-state index in [1.165, 1.54) is 18.2 Å². The Hall–Kier alpha value is -0.980. The normalized spacial score (nSPS) is 13.7. The minimum absolute atomic E-state index is 0.311. The molecular weight excluding hydrogens is 231 g/mol. The fourth-order valence-electron chi connectivity index (χ4n) is 1.30. The van der Waals surface area contributed by atoms with Crippen LogP contribution in [0.1, 0.15) is 13.3 Å². The summed E-state index contributed by atoms with van der Waals surface area (Å²) < 4.78 is 39.1. The second-order valence-electron chi connectivity index (χ2n) is 3.53. The van der Waals surface area contributed by atoms with Gasteiger partial charge >= 0.3 is 0 Å². The standard InChI is InChI=1S/C10H15FN2O2S/c1-8(6-7-12)13-16(14,15)10-5-3-2-4-9(10)11/h2-5,8,13H,6-7,12H2,1H3. The van der Waals surface area contributed by atoms with Crippen LogP contribution in [0.4, 0.5) is 4.39 Å². The number of benzene rings is 1. The molecule has 4 nitrogen and oxygen atoms in total. The lowest BCUT2D eigenvalue weighted by atomic mass is 10.3. The highest BCUT2D eigenvalue weighted by molar-refractivity contribution is 7.89. The average Bonchev–Trinajstić information content (AvgIpc) is 2.17. The van der Waals surface area contributed by atoms with Gasteiger partial charge in [0, 0.05) is 6.04 Å². The molecule has 0 bridgehead atoms. The Kier molecular flexibility index (Phi) is 4.40.